The highest BCUT2D eigenvalue weighted by Crippen LogP contribution is 2.52. The van der Waals surface area contributed by atoms with E-state index in [9.17, 15) is 0 Å². The molecule has 1 saturated carbocycles. The van der Waals surface area contributed by atoms with Gasteiger partial charge in [-0.2, -0.15) is 15.1 Å². The highest BCUT2D eigenvalue weighted by molar-refractivity contribution is 7.26. The maximum Gasteiger partial charge on any atom is 0.319 e. The summed E-state index contributed by atoms with van der Waals surface area (Å²) in [5.74, 6) is 1.39. The monoisotopic (exact) mass is 629 g/mol. The van der Waals surface area contributed by atoms with Gasteiger partial charge in [-0.15, -0.1) is 11.3 Å². The van der Waals surface area contributed by atoms with Crippen molar-refractivity contribution in [2.24, 2.45) is 0 Å². The smallest absolute Gasteiger partial charge is 0.319 e. The molecule has 2 N–H and O–H groups in total. The summed E-state index contributed by atoms with van der Waals surface area (Å²) in [6.07, 6.45) is 10.3. The van der Waals surface area contributed by atoms with E-state index < -0.39 is 0 Å². The van der Waals surface area contributed by atoms with Gasteiger partial charge in [0.05, 0.1) is 40.2 Å². The van der Waals surface area contributed by atoms with E-state index in [1.54, 1.807) is 11.3 Å². The van der Waals surface area contributed by atoms with Crippen LogP contribution in [0, 0.1) is 0 Å². The number of anilines is 1. The first-order valence-electron chi connectivity index (χ1n) is 15.8. The first-order valence-corrected chi connectivity index (χ1v) is 16.9. The fourth-order valence-electron chi connectivity index (χ4n) is 7.97. The Morgan fingerprint density at radius 3 is 2.89 bits per heavy atom. The summed E-state index contributed by atoms with van der Waals surface area (Å²) in [7, 11) is 0. The van der Waals surface area contributed by atoms with Gasteiger partial charge in [0.2, 0.25) is 0 Å². The second-order valence-electron chi connectivity index (χ2n) is 13.2. The van der Waals surface area contributed by atoms with Crippen molar-refractivity contribution < 1.29 is 14.2 Å². The number of fused-ring (bicyclic) bond motifs is 8. The van der Waals surface area contributed by atoms with Crippen molar-refractivity contribution in [3.63, 3.8) is 0 Å². The molecule has 5 aliphatic rings. The molecule has 4 bridgehead atoms. The zero-order valence-electron chi connectivity index (χ0n) is 24.1. The van der Waals surface area contributed by atoms with Crippen molar-refractivity contribution in [2.75, 3.05) is 37.8 Å². The van der Waals surface area contributed by atoms with Crippen molar-refractivity contribution >= 4 is 60.0 Å². The summed E-state index contributed by atoms with van der Waals surface area (Å²) in [5.41, 5.74) is 3.79. The highest BCUT2D eigenvalue weighted by Gasteiger charge is 2.45. The molecule has 1 aromatic carbocycles. The van der Waals surface area contributed by atoms with E-state index in [4.69, 9.17) is 40.8 Å². The number of ether oxygens (including phenoxy) is 3. The van der Waals surface area contributed by atoms with Crippen molar-refractivity contribution in [3.8, 4) is 17.3 Å². The zero-order valence-corrected chi connectivity index (χ0v) is 25.7. The lowest BCUT2D eigenvalue weighted by molar-refractivity contribution is -0.0535. The number of pyridine rings is 1. The van der Waals surface area contributed by atoms with Crippen LogP contribution in [0.5, 0.6) is 6.01 Å². The predicted octanol–water partition coefficient (Wildman–Crippen LogP) is 5.58. The topological polar surface area (TPSA) is 110 Å². The second kappa shape index (κ2) is 9.70. The van der Waals surface area contributed by atoms with Crippen LogP contribution in [-0.2, 0) is 9.47 Å². The van der Waals surface area contributed by atoms with Crippen LogP contribution in [0.15, 0.2) is 24.5 Å². The summed E-state index contributed by atoms with van der Waals surface area (Å²) in [6.45, 7) is 3.58. The summed E-state index contributed by atoms with van der Waals surface area (Å²) in [5, 5.41) is 15.3. The third-order valence-corrected chi connectivity index (χ3v) is 11.7. The van der Waals surface area contributed by atoms with Gasteiger partial charge in [0.25, 0.3) is 0 Å². The molecular weight excluding hydrogens is 598 g/mol. The van der Waals surface area contributed by atoms with Crippen LogP contribution in [-0.4, -0.2) is 81.8 Å². The lowest BCUT2D eigenvalue weighted by Crippen LogP contribution is -2.51. The maximum absolute atomic E-state index is 6.94. The molecule has 4 atom stereocenters. The summed E-state index contributed by atoms with van der Waals surface area (Å²) in [6, 6.07) is 5.47. The summed E-state index contributed by atoms with van der Waals surface area (Å²) >= 11 is 8.61. The second-order valence-corrected chi connectivity index (χ2v) is 14.6. The van der Waals surface area contributed by atoms with Crippen LogP contribution in [0.1, 0.15) is 50.0 Å². The first kappa shape index (κ1) is 26.2. The van der Waals surface area contributed by atoms with E-state index in [2.05, 4.69) is 26.5 Å². The normalized spacial score (nSPS) is 28.1. The van der Waals surface area contributed by atoms with Gasteiger partial charge in [-0.3, -0.25) is 10.1 Å². The predicted molar refractivity (Wildman–Crippen MR) is 170 cm³/mol. The molecule has 10 rings (SSSR count). The number of nitrogens with one attached hydrogen (secondary N) is 2. The fraction of sp³-hybridized carbons (Fsp3) is 0.500. The number of aromatic nitrogens is 5. The van der Waals surface area contributed by atoms with Gasteiger partial charge in [0.15, 0.2) is 0 Å². The lowest BCUT2D eigenvalue weighted by Gasteiger charge is -2.34. The number of rotatable bonds is 6. The van der Waals surface area contributed by atoms with Gasteiger partial charge in [0, 0.05) is 72.2 Å². The molecule has 5 fully saturated rings. The van der Waals surface area contributed by atoms with Crippen LogP contribution in [0.2, 0.25) is 5.02 Å². The molecule has 44 heavy (non-hydrogen) atoms. The van der Waals surface area contributed by atoms with Crippen LogP contribution in [0.3, 0.4) is 0 Å². The Balaban J connectivity index is 1.15. The van der Waals surface area contributed by atoms with Crippen molar-refractivity contribution in [1.82, 2.24) is 30.5 Å². The Morgan fingerprint density at radius 2 is 2.02 bits per heavy atom. The molecule has 4 saturated heterocycles. The number of benzene rings is 1. The summed E-state index contributed by atoms with van der Waals surface area (Å²) in [4.78, 5) is 18.6. The quantitative estimate of drug-likeness (QED) is 0.249. The van der Waals surface area contributed by atoms with E-state index >= 15 is 0 Å². The molecule has 4 aromatic heterocycles. The number of piperazine rings is 1. The average molecular weight is 630 g/mol. The molecule has 12 heteroatoms. The number of nitrogens with zero attached hydrogens (tertiary/aromatic N) is 5. The van der Waals surface area contributed by atoms with Crippen LogP contribution in [0.4, 0.5) is 5.82 Å². The van der Waals surface area contributed by atoms with Gasteiger partial charge >= 0.3 is 6.01 Å². The summed E-state index contributed by atoms with van der Waals surface area (Å²) < 4.78 is 19.5. The van der Waals surface area contributed by atoms with Gasteiger partial charge in [0.1, 0.15) is 22.9 Å². The number of H-pyrrole nitrogens is 1. The largest absolute Gasteiger partial charge is 0.460 e. The Bertz CT molecular complexity index is 1940. The Hall–Kier alpha value is -3.09. The number of halogens is 1. The van der Waals surface area contributed by atoms with Crippen molar-refractivity contribution in [3.05, 3.63) is 35.1 Å². The minimum absolute atomic E-state index is 0.157. The third-order valence-electron chi connectivity index (χ3n) is 10.2. The van der Waals surface area contributed by atoms with Crippen molar-refractivity contribution in [2.45, 2.75) is 68.2 Å². The molecule has 4 aliphatic heterocycles. The molecule has 0 spiro atoms. The Kier molecular flexibility index (Phi) is 5.77. The molecule has 4 unspecified atom stereocenters. The number of aromatic amines is 1. The number of thiophene rings is 1. The van der Waals surface area contributed by atoms with Crippen molar-refractivity contribution in [1.29, 1.82) is 0 Å². The Morgan fingerprint density at radius 1 is 1.14 bits per heavy atom. The first-order chi connectivity index (χ1) is 21.6. The number of hydrogen-bond acceptors (Lipinski definition) is 10. The molecule has 10 nitrogen and oxygen atoms in total. The molecule has 8 heterocycles. The molecule has 0 amide bonds. The van der Waals surface area contributed by atoms with E-state index in [-0.39, 0.29) is 11.7 Å². The Labute approximate surface area is 262 Å². The van der Waals surface area contributed by atoms with Gasteiger partial charge in [-0.1, -0.05) is 11.6 Å². The SMILES string of the molecule is Clc1cc2[nH]ncc2c(-c2nccc3c2sc2nc(OCC45CCOC(CO4)C5)nc(N4CC5CCC(C4)N5)c23)c1C1CC1. The minimum Gasteiger partial charge on any atom is -0.460 e. The lowest BCUT2D eigenvalue weighted by atomic mass is 9.94. The molecule has 1 aliphatic carbocycles. The van der Waals surface area contributed by atoms with E-state index in [1.807, 2.05) is 18.5 Å². The molecule has 0 radical (unpaired) electrons. The van der Waals surface area contributed by atoms with Gasteiger partial charge in [-0.05, 0) is 49.3 Å². The maximum atomic E-state index is 6.94. The van der Waals surface area contributed by atoms with E-state index in [0.717, 1.165) is 92.1 Å². The van der Waals surface area contributed by atoms with E-state index in [1.165, 1.54) is 18.4 Å². The van der Waals surface area contributed by atoms with Gasteiger partial charge < -0.3 is 24.4 Å². The molecule has 5 aromatic rings. The van der Waals surface area contributed by atoms with Crippen LogP contribution in [0.25, 0.3) is 42.5 Å². The zero-order chi connectivity index (χ0) is 29.0. The standard InChI is InChI=1S/C32H32ClN7O3S/c33-22-9-23-21(11-35-39-23)25(24(22)16-1-2-16)27-28-20(5-7-34-27)26-29(40-12-17-3-4-18(13-40)36-17)37-31(38-30(26)44-28)42-15-32-6-8-41-19(10-32)14-43-32/h5,7,9,11,16-19,36H,1-4,6,8,10,12-15H2,(H,35,39). The van der Waals surface area contributed by atoms with Crippen LogP contribution >= 0.6 is 22.9 Å². The van der Waals surface area contributed by atoms with Gasteiger partial charge in [-0.25, -0.2) is 0 Å². The molecule has 226 valence electrons. The minimum atomic E-state index is -0.325. The third kappa shape index (κ3) is 4.09. The van der Waals surface area contributed by atoms with Crippen LogP contribution < -0.4 is 15.0 Å². The fourth-order valence-corrected chi connectivity index (χ4v) is 9.48. The highest BCUT2D eigenvalue weighted by atomic mass is 35.5. The molecular formula is C32H32ClN7O3S. The van der Waals surface area contributed by atoms with E-state index in [0.29, 0.717) is 43.8 Å². The average Bonchev–Trinajstić information content (AvgIpc) is 3.33. The number of hydrogen-bond donors (Lipinski definition) is 2.